The number of aryl methyl sites for hydroxylation is 2. The molecule has 0 radical (unpaired) electrons. The SMILES string of the molecule is CCc1nc2c(nc1-c1ccc(C(C)C)nc1NC)c(C)nn2C(C)COC. The van der Waals surface area contributed by atoms with E-state index in [9.17, 15) is 0 Å². The van der Waals surface area contributed by atoms with Gasteiger partial charge in [-0.05, 0) is 38.3 Å². The van der Waals surface area contributed by atoms with Crippen molar-refractivity contribution in [3.63, 3.8) is 0 Å². The Morgan fingerprint density at radius 2 is 1.89 bits per heavy atom. The molecule has 0 bridgehead atoms. The zero-order valence-corrected chi connectivity index (χ0v) is 17.9. The van der Waals surface area contributed by atoms with Gasteiger partial charge in [0.2, 0.25) is 0 Å². The van der Waals surface area contributed by atoms with Crippen LogP contribution in [0.4, 0.5) is 5.82 Å². The van der Waals surface area contributed by atoms with E-state index in [0.717, 1.165) is 51.7 Å². The molecular weight excluding hydrogens is 352 g/mol. The molecule has 7 heteroatoms. The molecule has 0 saturated heterocycles. The number of methoxy groups -OCH3 is 1. The molecule has 3 heterocycles. The highest BCUT2D eigenvalue weighted by atomic mass is 16.5. The van der Waals surface area contributed by atoms with Gasteiger partial charge in [-0.3, -0.25) is 0 Å². The lowest BCUT2D eigenvalue weighted by Gasteiger charge is -2.15. The normalized spacial score (nSPS) is 12.7. The van der Waals surface area contributed by atoms with Gasteiger partial charge in [0.05, 0.1) is 29.7 Å². The van der Waals surface area contributed by atoms with E-state index in [1.54, 1.807) is 7.11 Å². The number of pyridine rings is 1. The maximum absolute atomic E-state index is 5.30. The van der Waals surface area contributed by atoms with Gasteiger partial charge in [-0.2, -0.15) is 5.10 Å². The molecule has 1 N–H and O–H groups in total. The summed E-state index contributed by atoms with van der Waals surface area (Å²) in [6, 6.07) is 4.26. The summed E-state index contributed by atoms with van der Waals surface area (Å²) in [5, 5.41) is 7.91. The Hall–Kier alpha value is -2.54. The average molecular weight is 383 g/mol. The third kappa shape index (κ3) is 3.58. The van der Waals surface area contributed by atoms with Crippen LogP contribution in [0.25, 0.3) is 22.4 Å². The molecule has 0 aromatic carbocycles. The highest BCUT2D eigenvalue weighted by Gasteiger charge is 2.21. The summed E-state index contributed by atoms with van der Waals surface area (Å²) in [6.07, 6.45) is 0.774. The third-order valence-electron chi connectivity index (χ3n) is 4.93. The van der Waals surface area contributed by atoms with Crippen molar-refractivity contribution in [2.45, 2.75) is 53.0 Å². The topological polar surface area (TPSA) is 77.8 Å². The van der Waals surface area contributed by atoms with Gasteiger partial charge in [-0.15, -0.1) is 0 Å². The lowest BCUT2D eigenvalue weighted by molar-refractivity contribution is 0.158. The van der Waals surface area contributed by atoms with Crippen LogP contribution in [-0.2, 0) is 11.2 Å². The van der Waals surface area contributed by atoms with E-state index < -0.39 is 0 Å². The molecule has 3 rings (SSSR count). The number of hydrogen-bond acceptors (Lipinski definition) is 6. The van der Waals surface area contributed by atoms with Crippen LogP contribution in [0.15, 0.2) is 12.1 Å². The monoisotopic (exact) mass is 382 g/mol. The number of nitrogens with zero attached hydrogens (tertiary/aromatic N) is 5. The number of aromatic nitrogens is 5. The van der Waals surface area contributed by atoms with Crippen molar-refractivity contribution in [1.29, 1.82) is 0 Å². The molecule has 0 aliphatic carbocycles. The molecule has 28 heavy (non-hydrogen) atoms. The summed E-state index contributed by atoms with van der Waals surface area (Å²) in [4.78, 5) is 14.7. The zero-order valence-electron chi connectivity index (χ0n) is 17.9. The summed E-state index contributed by atoms with van der Waals surface area (Å²) < 4.78 is 7.22. The van der Waals surface area contributed by atoms with Crippen LogP contribution < -0.4 is 5.32 Å². The van der Waals surface area contributed by atoms with E-state index in [-0.39, 0.29) is 6.04 Å². The molecule has 3 aromatic heterocycles. The molecule has 3 aromatic rings. The highest BCUT2D eigenvalue weighted by molar-refractivity contribution is 5.81. The lowest BCUT2D eigenvalue weighted by Crippen LogP contribution is -2.13. The first-order valence-corrected chi connectivity index (χ1v) is 9.84. The Morgan fingerprint density at radius 1 is 1.14 bits per heavy atom. The van der Waals surface area contributed by atoms with Gasteiger partial charge in [-0.1, -0.05) is 20.8 Å². The minimum atomic E-state index is 0.0888. The predicted octanol–water partition coefficient (Wildman–Crippen LogP) is 4.13. The fourth-order valence-electron chi connectivity index (χ4n) is 3.38. The van der Waals surface area contributed by atoms with Crippen molar-refractivity contribution in [2.24, 2.45) is 0 Å². The first-order chi connectivity index (χ1) is 13.4. The second-order valence-corrected chi connectivity index (χ2v) is 7.42. The quantitative estimate of drug-likeness (QED) is 0.662. The fraction of sp³-hybridized carbons (Fsp3) is 0.524. The molecule has 0 saturated carbocycles. The number of nitrogens with one attached hydrogen (secondary N) is 1. The summed E-state index contributed by atoms with van der Waals surface area (Å²) >= 11 is 0. The number of anilines is 1. The molecule has 150 valence electrons. The van der Waals surface area contributed by atoms with Crippen LogP contribution in [0.3, 0.4) is 0 Å². The van der Waals surface area contributed by atoms with Crippen molar-refractivity contribution < 1.29 is 4.74 Å². The standard InChI is InChI=1S/C21H30N6O/c1-8-16-19(15-9-10-17(12(2)3)23-20(15)22-6)25-18-14(5)26-27(21(18)24-16)13(4)11-28-7/h9-10,12-13H,8,11H2,1-7H3,(H,22,23). The van der Waals surface area contributed by atoms with Crippen molar-refractivity contribution in [3.05, 3.63) is 29.2 Å². The Labute approximate surface area is 166 Å². The Kier molecular flexibility index (Phi) is 5.93. The number of fused-ring (bicyclic) bond motifs is 1. The van der Waals surface area contributed by atoms with E-state index in [2.05, 4.69) is 50.2 Å². The fourth-order valence-corrected chi connectivity index (χ4v) is 3.38. The summed E-state index contributed by atoms with van der Waals surface area (Å²) in [6.45, 7) is 11.0. The van der Waals surface area contributed by atoms with Crippen LogP contribution in [0.1, 0.15) is 56.7 Å². The summed E-state index contributed by atoms with van der Waals surface area (Å²) in [7, 11) is 3.59. The summed E-state index contributed by atoms with van der Waals surface area (Å²) in [5.41, 5.74) is 6.32. The molecule has 1 unspecified atom stereocenters. The van der Waals surface area contributed by atoms with Gasteiger partial charge < -0.3 is 10.1 Å². The predicted molar refractivity (Wildman–Crippen MR) is 113 cm³/mol. The van der Waals surface area contributed by atoms with E-state index >= 15 is 0 Å². The summed E-state index contributed by atoms with van der Waals surface area (Å²) in [5.74, 6) is 1.19. The van der Waals surface area contributed by atoms with Gasteiger partial charge in [0.15, 0.2) is 5.65 Å². The molecule has 0 fully saturated rings. The second-order valence-electron chi connectivity index (χ2n) is 7.42. The first-order valence-electron chi connectivity index (χ1n) is 9.84. The van der Waals surface area contributed by atoms with Crippen molar-refractivity contribution in [1.82, 2.24) is 24.7 Å². The smallest absolute Gasteiger partial charge is 0.177 e. The minimum Gasteiger partial charge on any atom is -0.382 e. The van der Waals surface area contributed by atoms with Crippen LogP contribution >= 0.6 is 0 Å². The first kappa shape index (κ1) is 20.2. The van der Waals surface area contributed by atoms with Gasteiger partial charge in [0, 0.05) is 25.4 Å². The molecule has 1 atom stereocenters. The Balaban J connectivity index is 2.21. The van der Waals surface area contributed by atoms with E-state index in [1.165, 1.54) is 0 Å². The largest absolute Gasteiger partial charge is 0.382 e. The van der Waals surface area contributed by atoms with Crippen LogP contribution in [0, 0.1) is 6.92 Å². The van der Waals surface area contributed by atoms with Gasteiger partial charge in [-0.25, -0.2) is 19.6 Å². The van der Waals surface area contributed by atoms with E-state index in [1.807, 2.05) is 18.7 Å². The molecule has 0 spiro atoms. The molecule has 0 aliphatic heterocycles. The minimum absolute atomic E-state index is 0.0888. The lowest BCUT2D eigenvalue weighted by atomic mass is 10.0. The second kappa shape index (κ2) is 8.22. The van der Waals surface area contributed by atoms with Crippen LogP contribution in [0.2, 0.25) is 0 Å². The van der Waals surface area contributed by atoms with Crippen molar-refractivity contribution >= 4 is 17.0 Å². The van der Waals surface area contributed by atoms with Crippen molar-refractivity contribution in [3.8, 4) is 11.3 Å². The number of ether oxygens (including phenoxy) is 1. The molecule has 0 aliphatic rings. The maximum atomic E-state index is 5.30. The maximum Gasteiger partial charge on any atom is 0.177 e. The van der Waals surface area contributed by atoms with Crippen LogP contribution in [-0.4, -0.2) is 45.5 Å². The average Bonchev–Trinajstić information content (AvgIpc) is 3.02. The molecule has 0 amide bonds. The third-order valence-corrected chi connectivity index (χ3v) is 4.93. The molecular formula is C21H30N6O. The zero-order chi connectivity index (χ0) is 20.4. The van der Waals surface area contributed by atoms with Gasteiger partial charge in [0.1, 0.15) is 11.3 Å². The number of hydrogen-bond donors (Lipinski definition) is 1. The van der Waals surface area contributed by atoms with Crippen molar-refractivity contribution in [2.75, 3.05) is 26.1 Å². The number of rotatable bonds is 7. The van der Waals surface area contributed by atoms with Gasteiger partial charge in [0.25, 0.3) is 0 Å². The van der Waals surface area contributed by atoms with Gasteiger partial charge >= 0.3 is 0 Å². The van der Waals surface area contributed by atoms with E-state index in [0.29, 0.717) is 12.5 Å². The Morgan fingerprint density at radius 3 is 2.50 bits per heavy atom. The van der Waals surface area contributed by atoms with E-state index in [4.69, 9.17) is 19.7 Å². The van der Waals surface area contributed by atoms with Crippen LogP contribution in [0.5, 0.6) is 0 Å². The molecule has 7 nitrogen and oxygen atoms in total. The Bertz CT molecular complexity index is 979. The highest BCUT2D eigenvalue weighted by Crippen LogP contribution is 2.31.